The molecule has 2 unspecified atom stereocenters. The van der Waals surface area contributed by atoms with Crippen LogP contribution in [0.4, 0.5) is 0 Å². The van der Waals surface area contributed by atoms with Crippen LogP contribution in [-0.4, -0.2) is 50.3 Å². The standard InChI is InChI=1S/C16H32N2O/c1-4-6-14(2)18(3)12-16(9-5-10-19-13-16)11-17-15-7-8-15/h14-15,17H,4-13H2,1-3H3. The molecule has 3 heteroatoms. The molecule has 1 aliphatic heterocycles. The summed E-state index contributed by atoms with van der Waals surface area (Å²) in [6.45, 7) is 8.84. The highest BCUT2D eigenvalue weighted by Gasteiger charge is 2.36. The molecule has 0 aromatic carbocycles. The van der Waals surface area contributed by atoms with Gasteiger partial charge in [0.25, 0.3) is 0 Å². The minimum atomic E-state index is 0.345. The average Bonchev–Trinajstić information content (AvgIpc) is 3.22. The lowest BCUT2D eigenvalue weighted by atomic mass is 9.81. The van der Waals surface area contributed by atoms with Gasteiger partial charge in [-0.1, -0.05) is 13.3 Å². The first-order valence-corrected chi connectivity index (χ1v) is 8.16. The molecule has 1 saturated heterocycles. The molecule has 0 radical (unpaired) electrons. The van der Waals surface area contributed by atoms with E-state index in [1.165, 1.54) is 45.1 Å². The van der Waals surface area contributed by atoms with Gasteiger partial charge in [-0.2, -0.15) is 0 Å². The normalized spacial score (nSPS) is 29.7. The highest BCUT2D eigenvalue weighted by Crippen LogP contribution is 2.31. The van der Waals surface area contributed by atoms with Crippen LogP contribution in [0, 0.1) is 5.41 Å². The van der Waals surface area contributed by atoms with E-state index < -0.39 is 0 Å². The van der Waals surface area contributed by atoms with Gasteiger partial charge in [-0.15, -0.1) is 0 Å². The van der Waals surface area contributed by atoms with Crippen molar-refractivity contribution >= 4 is 0 Å². The van der Waals surface area contributed by atoms with Crippen molar-refractivity contribution in [3.05, 3.63) is 0 Å². The molecule has 1 saturated carbocycles. The SMILES string of the molecule is CCCC(C)N(C)CC1(CNC2CC2)CCCOC1. The van der Waals surface area contributed by atoms with E-state index in [0.717, 1.165) is 25.8 Å². The number of ether oxygens (including phenoxy) is 1. The number of nitrogens with zero attached hydrogens (tertiary/aromatic N) is 1. The number of hydrogen-bond donors (Lipinski definition) is 1. The van der Waals surface area contributed by atoms with Crippen molar-refractivity contribution in [2.45, 2.75) is 64.5 Å². The molecule has 2 atom stereocenters. The summed E-state index contributed by atoms with van der Waals surface area (Å²) >= 11 is 0. The highest BCUT2D eigenvalue weighted by atomic mass is 16.5. The van der Waals surface area contributed by atoms with E-state index in [4.69, 9.17) is 4.74 Å². The fourth-order valence-electron chi connectivity index (χ4n) is 3.20. The van der Waals surface area contributed by atoms with Gasteiger partial charge in [0.05, 0.1) is 6.61 Å². The zero-order valence-corrected chi connectivity index (χ0v) is 13.1. The third-order valence-corrected chi connectivity index (χ3v) is 4.79. The van der Waals surface area contributed by atoms with Crippen molar-refractivity contribution in [1.82, 2.24) is 10.2 Å². The zero-order chi connectivity index (χ0) is 13.7. The van der Waals surface area contributed by atoms with Crippen molar-refractivity contribution in [3.8, 4) is 0 Å². The minimum Gasteiger partial charge on any atom is -0.381 e. The molecule has 1 N–H and O–H groups in total. The van der Waals surface area contributed by atoms with Crippen LogP contribution in [0.15, 0.2) is 0 Å². The first kappa shape index (κ1) is 15.3. The Labute approximate surface area is 119 Å². The highest BCUT2D eigenvalue weighted by molar-refractivity contribution is 4.91. The second-order valence-electron chi connectivity index (χ2n) is 6.86. The first-order chi connectivity index (χ1) is 9.15. The Morgan fingerprint density at radius 1 is 1.42 bits per heavy atom. The fourth-order valence-corrected chi connectivity index (χ4v) is 3.20. The van der Waals surface area contributed by atoms with Crippen LogP contribution in [0.1, 0.15) is 52.4 Å². The molecule has 0 aromatic rings. The van der Waals surface area contributed by atoms with E-state index in [2.05, 4.69) is 31.1 Å². The molecule has 0 bridgehead atoms. The lowest BCUT2D eigenvalue weighted by Crippen LogP contribution is -2.50. The lowest BCUT2D eigenvalue weighted by Gasteiger charge is -2.41. The molecule has 112 valence electrons. The Balaban J connectivity index is 1.87. The minimum absolute atomic E-state index is 0.345. The smallest absolute Gasteiger partial charge is 0.0546 e. The second kappa shape index (κ2) is 7.05. The number of rotatable bonds is 8. The Kier molecular flexibility index (Phi) is 5.67. The molecular weight excluding hydrogens is 236 g/mol. The maximum Gasteiger partial charge on any atom is 0.0546 e. The fraction of sp³-hybridized carbons (Fsp3) is 1.00. The van der Waals surface area contributed by atoms with Crippen LogP contribution in [0.25, 0.3) is 0 Å². The topological polar surface area (TPSA) is 24.5 Å². The molecule has 0 amide bonds. The van der Waals surface area contributed by atoms with E-state index in [9.17, 15) is 0 Å². The molecule has 1 aliphatic carbocycles. The van der Waals surface area contributed by atoms with Gasteiger partial charge in [0, 0.05) is 37.2 Å². The van der Waals surface area contributed by atoms with Crippen molar-refractivity contribution in [2.24, 2.45) is 5.41 Å². The Bertz CT molecular complexity index is 259. The predicted octanol–water partition coefficient (Wildman–Crippen LogP) is 2.66. The predicted molar refractivity (Wildman–Crippen MR) is 80.5 cm³/mol. The van der Waals surface area contributed by atoms with E-state index in [-0.39, 0.29) is 0 Å². The van der Waals surface area contributed by atoms with Gasteiger partial charge >= 0.3 is 0 Å². The molecule has 2 rings (SSSR count). The number of nitrogens with one attached hydrogen (secondary N) is 1. The molecule has 0 aromatic heterocycles. The average molecular weight is 268 g/mol. The van der Waals surface area contributed by atoms with E-state index in [1.54, 1.807) is 0 Å². The van der Waals surface area contributed by atoms with Crippen molar-refractivity contribution in [1.29, 1.82) is 0 Å². The van der Waals surface area contributed by atoms with Crippen LogP contribution in [0.3, 0.4) is 0 Å². The molecule has 2 aliphatic rings. The summed E-state index contributed by atoms with van der Waals surface area (Å²) in [5.74, 6) is 0. The summed E-state index contributed by atoms with van der Waals surface area (Å²) in [7, 11) is 2.29. The van der Waals surface area contributed by atoms with Crippen LogP contribution >= 0.6 is 0 Å². The summed E-state index contributed by atoms with van der Waals surface area (Å²) in [5.41, 5.74) is 0.345. The van der Waals surface area contributed by atoms with Crippen LogP contribution < -0.4 is 5.32 Å². The van der Waals surface area contributed by atoms with Gasteiger partial charge in [-0.05, 0) is 46.1 Å². The van der Waals surface area contributed by atoms with Crippen molar-refractivity contribution < 1.29 is 4.74 Å². The summed E-state index contributed by atoms with van der Waals surface area (Å²) in [6, 6.07) is 1.49. The maximum absolute atomic E-state index is 5.81. The van der Waals surface area contributed by atoms with Gasteiger partial charge < -0.3 is 15.0 Å². The molecular formula is C16H32N2O. The summed E-state index contributed by atoms with van der Waals surface area (Å²) in [5, 5.41) is 3.74. The Hall–Kier alpha value is -0.120. The van der Waals surface area contributed by atoms with Gasteiger partial charge in [0.1, 0.15) is 0 Å². The van der Waals surface area contributed by atoms with Crippen LogP contribution in [0.5, 0.6) is 0 Å². The van der Waals surface area contributed by atoms with Crippen molar-refractivity contribution in [3.63, 3.8) is 0 Å². The third-order valence-electron chi connectivity index (χ3n) is 4.79. The molecule has 3 nitrogen and oxygen atoms in total. The Morgan fingerprint density at radius 3 is 2.79 bits per heavy atom. The lowest BCUT2D eigenvalue weighted by molar-refractivity contribution is -0.0279. The van der Waals surface area contributed by atoms with Gasteiger partial charge in [0.2, 0.25) is 0 Å². The Morgan fingerprint density at radius 2 is 2.21 bits per heavy atom. The van der Waals surface area contributed by atoms with Crippen LogP contribution in [-0.2, 0) is 4.74 Å². The summed E-state index contributed by atoms with van der Waals surface area (Å²) < 4.78 is 5.81. The first-order valence-electron chi connectivity index (χ1n) is 8.16. The summed E-state index contributed by atoms with van der Waals surface area (Å²) in [4.78, 5) is 2.55. The summed E-state index contributed by atoms with van der Waals surface area (Å²) in [6.07, 6.45) is 7.86. The van der Waals surface area contributed by atoms with Crippen LogP contribution in [0.2, 0.25) is 0 Å². The zero-order valence-electron chi connectivity index (χ0n) is 13.1. The molecule has 1 heterocycles. The van der Waals surface area contributed by atoms with E-state index in [0.29, 0.717) is 11.5 Å². The third kappa shape index (κ3) is 4.73. The second-order valence-corrected chi connectivity index (χ2v) is 6.86. The molecule has 2 fully saturated rings. The van der Waals surface area contributed by atoms with Crippen molar-refractivity contribution in [2.75, 3.05) is 33.4 Å². The number of hydrogen-bond acceptors (Lipinski definition) is 3. The van der Waals surface area contributed by atoms with E-state index >= 15 is 0 Å². The monoisotopic (exact) mass is 268 g/mol. The molecule has 0 spiro atoms. The van der Waals surface area contributed by atoms with Gasteiger partial charge in [-0.3, -0.25) is 0 Å². The largest absolute Gasteiger partial charge is 0.381 e. The maximum atomic E-state index is 5.81. The van der Waals surface area contributed by atoms with Gasteiger partial charge in [-0.25, -0.2) is 0 Å². The van der Waals surface area contributed by atoms with Gasteiger partial charge in [0.15, 0.2) is 0 Å². The molecule has 19 heavy (non-hydrogen) atoms. The van der Waals surface area contributed by atoms with E-state index in [1.807, 2.05) is 0 Å². The quantitative estimate of drug-likeness (QED) is 0.732.